The Morgan fingerprint density at radius 2 is 1.98 bits per heavy atom. The molecule has 2 aromatic heterocycles. The van der Waals surface area contributed by atoms with E-state index in [9.17, 15) is 19.3 Å². The summed E-state index contributed by atoms with van der Waals surface area (Å²) >= 11 is 0. The van der Waals surface area contributed by atoms with Crippen molar-refractivity contribution in [3.05, 3.63) is 63.9 Å². The Bertz CT molecular complexity index is 1760. The highest BCUT2D eigenvalue weighted by Crippen LogP contribution is 2.42. The first kappa shape index (κ1) is 26.3. The van der Waals surface area contributed by atoms with Crippen LogP contribution in [0.5, 0.6) is 0 Å². The van der Waals surface area contributed by atoms with Gasteiger partial charge < -0.3 is 25.4 Å². The van der Waals surface area contributed by atoms with Crippen LogP contribution < -0.4 is 16.2 Å². The second-order valence-corrected chi connectivity index (χ2v) is 10.9. The van der Waals surface area contributed by atoms with Crippen molar-refractivity contribution in [3.63, 3.8) is 0 Å². The van der Waals surface area contributed by atoms with E-state index in [0.29, 0.717) is 12.1 Å². The van der Waals surface area contributed by atoms with Crippen LogP contribution >= 0.6 is 7.82 Å². The van der Waals surface area contributed by atoms with Crippen molar-refractivity contribution in [3.8, 4) is 11.1 Å². The zero-order valence-corrected chi connectivity index (χ0v) is 22.0. The summed E-state index contributed by atoms with van der Waals surface area (Å²) in [7, 11) is -4.82. The van der Waals surface area contributed by atoms with E-state index in [1.165, 1.54) is 22.0 Å². The molecule has 3 unspecified atom stereocenters. The first-order valence-electron chi connectivity index (χ1n) is 12.3. The monoisotopic (exact) mass is 568 g/mol. The van der Waals surface area contributed by atoms with Crippen LogP contribution in [0.1, 0.15) is 30.7 Å². The van der Waals surface area contributed by atoms with Crippen molar-refractivity contribution in [1.29, 1.82) is 0 Å². The molecular weight excluding hydrogens is 543 g/mol. The van der Waals surface area contributed by atoms with Crippen molar-refractivity contribution in [2.75, 3.05) is 17.2 Å². The number of benzene rings is 2. The molecule has 0 bridgehead atoms. The summed E-state index contributed by atoms with van der Waals surface area (Å²) < 4.78 is 23.0. The number of fused-ring (bicyclic) bond motifs is 4. The molecule has 1 fully saturated rings. The predicted molar refractivity (Wildman–Crippen MR) is 143 cm³/mol. The van der Waals surface area contributed by atoms with E-state index in [2.05, 4.69) is 25.5 Å². The lowest BCUT2D eigenvalue weighted by molar-refractivity contribution is -0.116. The maximum atomic E-state index is 13.1. The normalized spacial score (nSPS) is 20.1. The average Bonchev–Trinajstić information content (AvgIpc) is 3.54. The van der Waals surface area contributed by atoms with Crippen LogP contribution in [0.15, 0.2) is 47.3 Å². The van der Waals surface area contributed by atoms with Gasteiger partial charge in [-0.05, 0) is 40.8 Å². The number of carbonyl (C=O) groups is 1. The van der Waals surface area contributed by atoms with Crippen molar-refractivity contribution >= 4 is 42.5 Å². The molecule has 1 saturated heterocycles. The Kier molecular flexibility index (Phi) is 6.33. The Morgan fingerprint density at radius 1 is 1.23 bits per heavy atom. The molecule has 14 nitrogen and oxygen atoms in total. The van der Waals surface area contributed by atoms with Crippen LogP contribution in [-0.2, 0) is 25.0 Å². The third-order valence-corrected chi connectivity index (χ3v) is 7.49. The molecule has 2 aromatic carbocycles. The van der Waals surface area contributed by atoms with Gasteiger partial charge in [-0.3, -0.25) is 28.6 Å². The fourth-order valence-electron chi connectivity index (χ4n) is 5.31. The van der Waals surface area contributed by atoms with Gasteiger partial charge in [0.1, 0.15) is 12.3 Å². The van der Waals surface area contributed by atoms with E-state index in [1.54, 1.807) is 6.07 Å². The summed E-state index contributed by atoms with van der Waals surface area (Å²) in [6.07, 6.45) is -2.74. The van der Waals surface area contributed by atoms with Gasteiger partial charge in [0.2, 0.25) is 17.8 Å². The summed E-state index contributed by atoms with van der Waals surface area (Å²) in [6, 6.07) is 13.6. The largest absolute Gasteiger partial charge is 0.469 e. The lowest BCUT2D eigenvalue weighted by Gasteiger charge is -2.25. The molecule has 3 atom stereocenters. The summed E-state index contributed by atoms with van der Waals surface area (Å²) in [5.74, 6) is -0.624. The van der Waals surface area contributed by atoms with E-state index < -0.39 is 44.3 Å². The van der Waals surface area contributed by atoms with Crippen LogP contribution in [0.4, 0.5) is 17.6 Å². The molecular formula is C25H25N6O8P. The number of hydrogen-bond acceptors (Lipinski definition) is 9. The molecule has 0 saturated carbocycles. The molecule has 3 heterocycles. The highest BCUT2D eigenvalue weighted by molar-refractivity contribution is 7.46. The number of nitrogens with two attached hydrogens (primary N) is 1. The maximum Gasteiger partial charge on any atom is 0.469 e. The molecule has 4 aromatic rings. The molecule has 1 aliphatic heterocycles. The summed E-state index contributed by atoms with van der Waals surface area (Å²) in [5, 5.41) is 10.6. The third-order valence-electron chi connectivity index (χ3n) is 7.00. The van der Waals surface area contributed by atoms with E-state index in [4.69, 9.17) is 20.3 Å². The second kappa shape index (κ2) is 9.63. The van der Waals surface area contributed by atoms with Crippen molar-refractivity contribution < 1.29 is 33.5 Å². The predicted octanol–water partition coefficient (Wildman–Crippen LogP) is 1.72. The molecule has 40 heavy (non-hydrogen) atoms. The van der Waals surface area contributed by atoms with Crippen LogP contribution in [0.2, 0.25) is 0 Å². The Labute approximate surface area is 226 Å². The topological polar surface area (TPSA) is 206 Å². The minimum atomic E-state index is -4.82. The molecule has 6 rings (SSSR count). The van der Waals surface area contributed by atoms with Crippen LogP contribution in [0.3, 0.4) is 0 Å². The second-order valence-electron chi connectivity index (χ2n) is 9.65. The Morgan fingerprint density at radius 3 is 2.73 bits per heavy atom. The molecule has 15 heteroatoms. The number of amides is 1. The number of nitrogens with one attached hydrogen (secondary N) is 1. The van der Waals surface area contributed by atoms with E-state index in [-0.39, 0.29) is 29.5 Å². The van der Waals surface area contributed by atoms with Crippen molar-refractivity contribution in [2.45, 2.75) is 38.2 Å². The number of phosphoric ester groups is 1. The van der Waals surface area contributed by atoms with Gasteiger partial charge in [-0.25, -0.2) is 9.55 Å². The van der Waals surface area contributed by atoms with Gasteiger partial charge in [-0.2, -0.15) is 4.98 Å². The number of imidazole rings is 1. The fourth-order valence-corrected chi connectivity index (χ4v) is 5.66. The van der Waals surface area contributed by atoms with Gasteiger partial charge >= 0.3 is 7.82 Å². The maximum absolute atomic E-state index is 13.1. The molecule has 208 valence electrons. The number of rotatable bonds is 6. The Hall–Kier alpha value is -3.91. The molecule has 1 amide bonds. The minimum Gasteiger partial charge on any atom is -0.390 e. The lowest BCUT2D eigenvalue weighted by Crippen LogP contribution is -2.28. The third kappa shape index (κ3) is 4.60. The standard InChI is InChI=1S/C25H25N6O8P/c1-12(32)30(15-6-7-17-14(9-15)8-13-4-2-3-5-16(13)17)25-27-21-22(28-24(26)29-23(21)34)31(25)20-10-18(33)19(39-20)11-38-40(35,36)37/h2-7,9,18-20,33H,8,10-11H2,1H3,(H2,35,36,37)(H3,26,28,29,34). The van der Waals surface area contributed by atoms with Gasteiger partial charge in [-0.15, -0.1) is 0 Å². The zero-order valence-electron chi connectivity index (χ0n) is 21.1. The summed E-state index contributed by atoms with van der Waals surface area (Å²) in [4.78, 5) is 56.5. The van der Waals surface area contributed by atoms with Crippen LogP contribution in [0.25, 0.3) is 22.3 Å². The first-order chi connectivity index (χ1) is 19.0. The average molecular weight is 568 g/mol. The van der Waals surface area contributed by atoms with Crippen molar-refractivity contribution in [1.82, 2.24) is 19.5 Å². The number of hydrogen-bond donors (Lipinski definition) is 5. The number of anilines is 3. The first-order valence-corrected chi connectivity index (χ1v) is 13.9. The number of aliphatic hydroxyl groups is 1. The molecule has 0 radical (unpaired) electrons. The van der Waals surface area contributed by atoms with Gasteiger partial charge in [0.15, 0.2) is 11.2 Å². The smallest absolute Gasteiger partial charge is 0.390 e. The number of H-pyrrole nitrogens is 1. The molecule has 1 aliphatic carbocycles. The lowest BCUT2D eigenvalue weighted by atomic mass is 10.1. The number of ether oxygens (including phenoxy) is 1. The zero-order chi connectivity index (χ0) is 28.3. The minimum absolute atomic E-state index is 0.00434. The number of nitrogens with zero attached hydrogens (tertiary/aromatic N) is 4. The number of carbonyl (C=O) groups excluding carboxylic acids is 1. The SMILES string of the molecule is CC(=O)N(c1ccc2c(c1)Cc1ccccc1-2)c1nc2c(=O)[nH]c(N)nc2n1C1CC(O)C(COP(=O)(O)O)O1. The van der Waals surface area contributed by atoms with E-state index in [1.807, 2.05) is 30.3 Å². The summed E-state index contributed by atoms with van der Waals surface area (Å²) in [5.41, 5.74) is 9.90. The number of nitrogen functional groups attached to an aromatic ring is 1. The highest BCUT2D eigenvalue weighted by Gasteiger charge is 2.40. The Balaban J connectivity index is 1.46. The molecule has 6 N–H and O–H groups in total. The highest BCUT2D eigenvalue weighted by atomic mass is 31.2. The molecule has 2 aliphatic rings. The van der Waals surface area contributed by atoms with Crippen LogP contribution in [-0.4, -0.2) is 59.1 Å². The number of aromatic amines is 1. The quantitative estimate of drug-likeness (QED) is 0.186. The van der Waals surface area contributed by atoms with Gasteiger partial charge in [0, 0.05) is 13.3 Å². The number of aromatic nitrogens is 4. The van der Waals surface area contributed by atoms with Gasteiger partial charge in [0.05, 0.1) is 18.4 Å². The fraction of sp³-hybridized carbons (Fsp3) is 0.280. The molecule has 0 spiro atoms. The number of phosphoric acid groups is 1. The number of aliphatic hydroxyl groups excluding tert-OH is 1. The van der Waals surface area contributed by atoms with E-state index in [0.717, 1.165) is 16.7 Å². The van der Waals surface area contributed by atoms with Gasteiger partial charge in [-0.1, -0.05) is 30.3 Å². The van der Waals surface area contributed by atoms with Gasteiger partial charge in [0.25, 0.3) is 5.56 Å². The van der Waals surface area contributed by atoms with E-state index >= 15 is 0 Å². The van der Waals surface area contributed by atoms with Crippen LogP contribution in [0, 0.1) is 0 Å². The summed E-state index contributed by atoms with van der Waals surface area (Å²) in [6.45, 7) is 0.751. The van der Waals surface area contributed by atoms with Crippen molar-refractivity contribution in [2.24, 2.45) is 0 Å².